The zero-order chi connectivity index (χ0) is 21.2. The van der Waals surface area contributed by atoms with E-state index >= 15 is 0 Å². The maximum absolute atomic E-state index is 5.22. The van der Waals surface area contributed by atoms with Gasteiger partial charge in [0, 0.05) is 10.4 Å². The Bertz CT molecular complexity index is 1020. The summed E-state index contributed by atoms with van der Waals surface area (Å²) >= 11 is 1.68. The Morgan fingerprint density at radius 1 is 0.767 bits per heavy atom. The van der Waals surface area contributed by atoms with Crippen molar-refractivity contribution in [2.45, 2.75) is 43.7 Å². The molecule has 0 amide bonds. The van der Waals surface area contributed by atoms with Gasteiger partial charge in [0.05, 0.1) is 0 Å². The van der Waals surface area contributed by atoms with E-state index in [1.807, 2.05) is 12.1 Å². The normalized spacial score (nSPS) is 15.5. The Morgan fingerprint density at radius 3 is 1.80 bits per heavy atom. The fraction of sp³-hybridized carbons (Fsp3) is 0.231. The summed E-state index contributed by atoms with van der Waals surface area (Å²) in [5.41, 5.74) is 2.66. The van der Waals surface area contributed by atoms with Gasteiger partial charge in [0.2, 0.25) is 5.96 Å². The molecule has 0 bridgehead atoms. The molecule has 1 heterocycles. The van der Waals surface area contributed by atoms with E-state index in [0.29, 0.717) is 5.96 Å². The van der Waals surface area contributed by atoms with E-state index < -0.39 is 5.54 Å². The fourth-order valence-electron chi connectivity index (χ4n) is 3.52. The van der Waals surface area contributed by atoms with Gasteiger partial charge >= 0.3 is 0 Å². The summed E-state index contributed by atoms with van der Waals surface area (Å²) in [5, 5.41) is 4.44. The second-order valence-electron chi connectivity index (χ2n) is 8.58. The number of hydrogen-bond donors (Lipinski definition) is 1. The summed E-state index contributed by atoms with van der Waals surface area (Å²) in [5.74, 6) is 0.671. The molecule has 4 rings (SSSR count). The maximum Gasteiger partial charge on any atom is 0.220 e. The van der Waals surface area contributed by atoms with Gasteiger partial charge < -0.3 is 5.32 Å². The monoisotopic (exact) mass is 413 g/mol. The van der Waals surface area contributed by atoms with Crippen molar-refractivity contribution in [3.8, 4) is 0 Å². The van der Waals surface area contributed by atoms with Crippen LogP contribution >= 0.6 is 11.8 Å². The summed E-state index contributed by atoms with van der Waals surface area (Å²) in [6.45, 7) is 8.49. The second kappa shape index (κ2) is 8.11. The summed E-state index contributed by atoms with van der Waals surface area (Å²) in [7, 11) is 0. The lowest BCUT2D eigenvalue weighted by atomic mass is 9.84. The molecule has 0 saturated heterocycles. The molecule has 0 spiro atoms. The standard InChI is InChI=1S/C26H27N3S/c1-19-15-17-22(18-16-19)30-23-26(20-11-7-5-8-12-20,21-13-9-6-10-14-21)29-24(27-23)28-25(2,3)4/h5-18H,1-4H3,(H,28,29). The highest BCUT2D eigenvalue weighted by Crippen LogP contribution is 2.44. The van der Waals surface area contributed by atoms with E-state index in [9.17, 15) is 0 Å². The largest absolute Gasteiger partial charge is 0.350 e. The van der Waals surface area contributed by atoms with Crippen LogP contribution in [0.4, 0.5) is 0 Å². The lowest BCUT2D eigenvalue weighted by molar-refractivity contribution is 0.508. The van der Waals surface area contributed by atoms with Gasteiger partial charge in [0.25, 0.3) is 0 Å². The third-order valence-corrected chi connectivity index (χ3v) is 5.98. The number of hydrogen-bond acceptors (Lipinski definition) is 4. The summed E-state index contributed by atoms with van der Waals surface area (Å²) in [6, 6.07) is 29.5. The first kappa shape index (κ1) is 20.4. The lowest BCUT2D eigenvalue weighted by Crippen LogP contribution is -2.39. The zero-order valence-corrected chi connectivity index (χ0v) is 18.7. The van der Waals surface area contributed by atoms with Crippen molar-refractivity contribution >= 4 is 22.8 Å². The molecule has 1 aliphatic heterocycles. The Morgan fingerprint density at radius 2 is 1.30 bits per heavy atom. The predicted octanol–water partition coefficient (Wildman–Crippen LogP) is 6.19. The molecule has 3 nitrogen and oxygen atoms in total. The van der Waals surface area contributed by atoms with Crippen LogP contribution in [0.15, 0.2) is 99.8 Å². The van der Waals surface area contributed by atoms with Crippen LogP contribution in [0.1, 0.15) is 37.5 Å². The number of guanidine groups is 1. The van der Waals surface area contributed by atoms with E-state index in [0.717, 1.165) is 21.1 Å². The van der Waals surface area contributed by atoms with Crippen molar-refractivity contribution < 1.29 is 0 Å². The molecule has 1 aliphatic rings. The minimum Gasteiger partial charge on any atom is -0.350 e. The van der Waals surface area contributed by atoms with Crippen LogP contribution in [0.25, 0.3) is 0 Å². The SMILES string of the molecule is Cc1ccc(SC2=NC(NC(C)(C)C)=NC2(c2ccccc2)c2ccccc2)cc1. The van der Waals surface area contributed by atoms with Crippen molar-refractivity contribution in [3.63, 3.8) is 0 Å². The number of thioether (sulfide) groups is 1. The number of nitrogens with zero attached hydrogens (tertiary/aromatic N) is 2. The van der Waals surface area contributed by atoms with E-state index in [1.54, 1.807) is 11.8 Å². The van der Waals surface area contributed by atoms with Crippen molar-refractivity contribution in [2.24, 2.45) is 9.98 Å². The van der Waals surface area contributed by atoms with Crippen molar-refractivity contribution in [3.05, 3.63) is 102 Å². The number of rotatable bonds is 3. The van der Waals surface area contributed by atoms with Crippen molar-refractivity contribution in [1.82, 2.24) is 5.32 Å². The van der Waals surface area contributed by atoms with E-state index in [1.165, 1.54) is 5.56 Å². The fourth-order valence-corrected chi connectivity index (χ4v) is 4.57. The Kier molecular flexibility index (Phi) is 5.52. The van der Waals surface area contributed by atoms with Gasteiger partial charge in [-0.25, -0.2) is 9.98 Å². The molecule has 0 fully saturated rings. The molecule has 3 aromatic carbocycles. The lowest BCUT2D eigenvalue weighted by Gasteiger charge is -2.29. The summed E-state index contributed by atoms with van der Waals surface area (Å²) in [4.78, 5) is 11.4. The van der Waals surface area contributed by atoms with E-state index in [2.05, 4.69) is 106 Å². The first-order valence-electron chi connectivity index (χ1n) is 10.2. The van der Waals surface area contributed by atoms with Gasteiger partial charge in [-0.3, -0.25) is 0 Å². The van der Waals surface area contributed by atoms with Crippen LogP contribution < -0.4 is 5.32 Å². The first-order valence-corrected chi connectivity index (χ1v) is 11.0. The molecule has 0 atom stereocenters. The number of benzene rings is 3. The number of aliphatic imine (C=N–C) groups is 2. The minimum absolute atomic E-state index is 0.134. The second-order valence-corrected chi connectivity index (χ2v) is 9.65. The Balaban J connectivity index is 1.89. The molecule has 0 radical (unpaired) electrons. The van der Waals surface area contributed by atoms with Crippen LogP contribution in [0.5, 0.6) is 0 Å². The third-order valence-electron chi connectivity index (χ3n) is 4.90. The molecule has 0 unspecified atom stereocenters. The van der Waals surface area contributed by atoms with Crippen LogP contribution in [0, 0.1) is 6.92 Å². The smallest absolute Gasteiger partial charge is 0.220 e. The molecule has 3 aromatic rings. The third kappa shape index (κ3) is 4.19. The predicted molar refractivity (Wildman–Crippen MR) is 128 cm³/mol. The highest BCUT2D eigenvalue weighted by atomic mass is 32.2. The van der Waals surface area contributed by atoms with Crippen molar-refractivity contribution in [2.75, 3.05) is 0 Å². The molecule has 152 valence electrons. The first-order chi connectivity index (χ1) is 14.4. The Labute approximate surface area is 183 Å². The highest BCUT2D eigenvalue weighted by molar-refractivity contribution is 8.14. The van der Waals surface area contributed by atoms with Gasteiger partial charge in [-0.1, -0.05) is 90.1 Å². The van der Waals surface area contributed by atoms with Gasteiger partial charge in [0.1, 0.15) is 5.04 Å². The Hall–Kier alpha value is -2.85. The highest BCUT2D eigenvalue weighted by Gasteiger charge is 2.44. The van der Waals surface area contributed by atoms with E-state index in [4.69, 9.17) is 9.98 Å². The van der Waals surface area contributed by atoms with Crippen LogP contribution in [-0.2, 0) is 5.54 Å². The maximum atomic E-state index is 5.22. The van der Waals surface area contributed by atoms with Gasteiger partial charge in [-0.15, -0.1) is 0 Å². The number of nitrogens with one attached hydrogen (secondary N) is 1. The summed E-state index contributed by atoms with van der Waals surface area (Å²) in [6.07, 6.45) is 0. The zero-order valence-electron chi connectivity index (χ0n) is 17.9. The average molecular weight is 414 g/mol. The average Bonchev–Trinajstić information content (AvgIpc) is 3.08. The summed E-state index contributed by atoms with van der Waals surface area (Å²) < 4.78 is 0. The molecule has 1 N–H and O–H groups in total. The van der Waals surface area contributed by atoms with Crippen molar-refractivity contribution in [1.29, 1.82) is 0 Å². The minimum atomic E-state index is -0.675. The molecule has 0 saturated carbocycles. The molecular weight excluding hydrogens is 386 g/mol. The van der Waals surface area contributed by atoms with Gasteiger partial charge in [-0.2, -0.15) is 0 Å². The van der Waals surface area contributed by atoms with Crippen LogP contribution in [-0.4, -0.2) is 16.5 Å². The number of aryl methyl sites for hydroxylation is 1. The molecule has 0 aromatic heterocycles. The molecular formula is C26H27N3S. The molecule has 0 aliphatic carbocycles. The van der Waals surface area contributed by atoms with Gasteiger partial charge in [-0.05, 0) is 51.0 Å². The molecule has 30 heavy (non-hydrogen) atoms. The van der Waals surface area contributed by atoms with E-state index in [-0.39, 0.29) is 5.54 Å². The van der Waals surface area contributed by atoms with Gasteiger partial charge in [0.15, 0.2) is 5.54 Å². The topological polar surface area (TPSA) is 36.8 Å². The molecule has 4 heteroatoms. The quantitative estimate of drug-likeness (QED) is 0.556. The van der Waals surface area contributed by atoms with Crippen LogP contribution in [0.2, 0.25) is 0 Å². The van der Waals surface area contributed by atoms with Crippen LogP contribution in [0.3, 0.4) is 0 Å².